The molecule has 1 fully saturated rings. The lowest BCUT2D eigenvalue weighted by atomic mass is 9.93. The first-order valence-corrected chi connectivity index (χ1v) is 5.82. The largest absolute Gasteiger partial charge is 0.490 e. The van der Waals surface area contributed by atoms with Crippen LogP contribution in [0.25, 0.3) is 0 Å². The van der Waals surface area contributed by atoms with E-state index in [4.69, 9.17) is 10.5 Å². The lowest BCUT2D eigenvalue weighted by molar-refractivity contribution is -0.384. The van der Waals surface area contributed by atoms with Crippen LogP contribution in [0.2, 0.25) is 0 Å². The molecule has 0 aliphatic heterocycles. The van der Waals surface area contributed by atoms with Crippen molar-refractivity contribution in [3.8, 4) is 5.75 Å². The van der Waals surface area contributed by atoms with Crippen LogP contribution < -0.4 is 10.5 Å². The van der Waals surface area contributed by atoms with Crippen molar-refractivity contribution >= 4 is 5.69 Å². The summed E-state index contributed by atoms with van der Waals surface area (Å²) in [5, 5.41) is 10.5. The molecule has 2 atom stereocenters. The molecule has 0 saturated heterocycles. The molecular weight excluding hydrogens is 220 g/mol. The standard InChI is InChI=1S/C12H16N2O3/c13-9-2-1-3-12(8-9)17-11-6-4-10(5-7-11)14(15)16/h4-7,9,12H,1-3,8,13H2. The molecule has 17 heavy (non-hydrogen) atoms. The molecule has 5 nitrogen and oxygen atoms in total. The van der Waals surface area contributed by atoms with E-state index >= 15 is 0 Å². The summed E-state index contributed by atoms with van der Waals surface area (Å²) in [5.74, 6) is 0.676. The van der Waals surface area contributed by atoms with E-state index in [1.54, 1.807) is 12.1 Å². The third-order valence-corrected chi connectivity index (χ3v) is 3.02. The lowest BCUT2D eigenvalue weighted by Gasteiger charge is -2.27. The average molecular weight is 236 g/mol. The van der Waals surface area contributed by atoms with Crippen molar-refractivity contribution in [1.82, 2.24) is 0 Å². The second-order valence-corrected chi connectivity index (χ2v) is 4.42. The monoisotopic (exact) mass is 236 g/mol. The summed E-state index contributed by atoms with van der Waals surface area (Å²) in [6, 6.07) is 6.40. The van der Waals surface area contributed by atoms with Crippen molar-refractivity contribution in [1.29, 1.82) is 0 Å². The SMILES string of the molecule is NC1CCCC(Oc2ccc([N+](=O)[O-])cc2)C1. The fraction of sp³-hybridized carbons (Fsp3) is 0.500. The van der Waals surface area contributed by atoms with Crippen LogP contribution >= 0.6 is 0 Å². The lowest BCUT2D eigenvalue weighted by Crippen LogP contribution is -2.33. The Labute approximate surface area is 99.7 Å². The van der Waals surface area contributed by atoms with Crippen LogP contribution in [0, 0.1) is 10.1 Å². The second-order valence-electron chi connectivity index (χ2n) is 4.42. The molecule has 0 spiro atoms. The van der Waals surface area contributed by atoms with Crippen LogP contribution in [0.15, 0.2) is 24.3 Å². The predicted octanol–water partition coefficient (Wildman–Crippen LogP) is 2.24. The van der Waals surface area contributed by atoms with Crippen LogP contribution in [0.1, 0.15) is 25.7 Å². The highest BCUT2D eigenvalue weighted by molar-refractivity contribution is 5.36. The summed E-state index contributed by atoms with van der Waals surface area (Å²) in [7, 11) is 0. The fourth-order valence-corrected chi connectivity index (χ4v) is 2.13. The molecule has 92 valence electrons. The second kappa shape index (κ2) is 5.14. The zero-order chi connectivity index (χ0) is 12.3. The number of nitrogens with two attached hydrogens (primary N) is 1. The van der Waals surface area contributed by atoms with Crippen molar-refractivity contribution in [3.05, 3.63) is 34.4 Å². The Morgan fingerprint density at radius 1 is 1.29 bits per heavy atom. The van der Waals surface area contributed by atoms with Crippen LogP contribution in [-0.2, 0) is 0 Å². The minimum Gasteiger partial charge on any atom is -0.490 e. The van der Waals surface area contributed by atoms with E-state index < -0.39 is 4.92 Å². The van der Waals surface area contributed by atoms with Crippen molar-refractivity contribution < 1.29 is 9.66 Å². The number of nitro groups is 1. The van der Waals surface area contributed by atoms with Gasteiger partial charge in [-0.15, -0.1) is 0 Å². The van der Waals surface area contributed by atoms with Gasteiger partial charge in [-0.2, -0.15) is 0 Å². The molecule has 2 rings (SSSR count). The molecule has 1 aromatic carbocycles. The molecule has 0 aromatic heterocycles. The number of ether oxygens (including phenoxy) is 1. The molecule has 1 aromatic rings. The Bertz CT molecular complexity index is 391. The van der Waals surface area contributed by atoms with E-state index in [0.29, 0.717) is 5.75 Å². The zero-order valence-corrected chi connectivity index (χ0v) is 9.54. The van der Waals surface area contributed by atoms with Gasteiger partial charge in [0.25, 0.3) is 5.69 Å². The fourth-order valence-electron chi connectivity index (χ4n) is 2.13. The number of non-ortho nitro benzene ring substituents is 1. The molecule has 2 unspecified atom stereocenters. The van der Waals surface area contributed by atoms with E-state index in [0.717, 1.165) is 25.7 Å². The molecule has 0 amide bonds. The van der Waals surface area contributed by atoms with E-state index in [9.17, 15) is 10.1 Å². The first-order valence-electron chi connectivity index (χ1n) is 5.82. The number of hydrogen-bond acceptors (Lipinski definition) is 4. The highest BCUT2D eigenvalue weighted by atomic mass is 16.6. The number of benzene rings is 1. The molecule has 1 aliphatic rings. The van der Waals surface area contributed by atoms with Crippen LogP contribution in [-0.4, -0.2) is 17.1 Å². The Morgan fingerprint density at radius 2 is 2.00 bits per heavy atom. The highest BCUT2D eigenvalue weighted by Crippen LogP contribution is 2.24. The first kappa shape index (κ1) is 11.9. The number of hydrogen-bond donors (Lipinski definition) is 1. The topological polar surface area (TPSA) is 78.4 Å². The quantitative estimate of drug-likeness (QED) is 0.644. The molecule has 0 heterocycles. The molecular formula is C12H16N2O3. The Kier molecular flexibility index (Phi) is 3.58. The van der Waals surface area contributed by atoms with E-state index in [1.807, 2.05) is 0 Å². The van der Waals surface area contributed by atoms with Gasteiger partial charge in [-0.1, -0.05) is 0 Å². The molecule has 1 aliphatic carbocycles. The van der Waals surface area contributed by atoms with Crippen molar-refractivity contribution in [2.45, 2.75) is 37.8 Å². The summed E-state index contributed by atoms with van der Waals surface area (Å²) in [5.41, 5.74) is 5.95. The maximum absolute atomic E-state index is 10.5. The predicted molar refractivity (Wildman–Crippen MR) is 64.0 cm³/mol. The first-order chi connectivity index (χ1) is 8.15. The minimum absolute atomic E-state index is 0.0812. The summed E-state index contributed by atoms with van der Waals surface area (Å²) >= 11 is 0. The molecule has 0 radical (unpaired) electrons. The van der Waals surface area contributed by atoms with Crippen LogP contribution in [0.4, 0.5) is 5.69 Å². The van der Waals surface area contributed by atoms with Gasteiger partial charge >= 0.3 is 0 Å². The minimum atomic E-state index is -0.416. The van der Waals surface area contributed by atoms with Crippen LogP contribution in [0.3, 0.4) is 0 Å². The van der Waals surface area contributed by atoms with Gasteiger partial charge in [-0.3, -0.25) is 10.1 Å². The third-order valence-electron chi connectivity index (χ3n) is 3.02. The third kappa shape index (κ3) is 3.17. The van der Waals surface area contributed by atoms with E-state index in [2.05, 4.69) is 0 Å². The van der Waals surface area contributed by atoms with Gasteiger partial charge in [0.2, 0.25) is 0 Å². The average Bonchev–Trinajstić information content (AvgIpc) is 2.29. The highest BCUT2D eigenvalue weighted by Gasteiger charge is 2.20. The van der Waals surface area contributed by atoms with Crippen molar-refractivity contribution in [2.75, 3.05) is 0 Å². The summed E-state index contributed by atoms with van der Waals surface area (Å²) in [6.45, 7) is 0. The summed E-state index contributed by atoms with van der Waals surface area (Å²) in [4.78, 5) is 10.1. The van der Waals surface area contributed by atoms with Crippen LogP contribution in [0.5, 0.6) is 5.75 Å². The maximum atomic E-state index is 10.5. The molecule has 2 N–H and O–H groups in total. The Balaban J connectivity index is 1.96. The van der Waals surface area contributed by atoms with Gasteiger partial charge in [0.15, 0.2) is 0 Å². The Hall–Kier alpha value is -1.62. The van der Waals surface area contributed by atoms with Gasteiger partial charge in [0, 0.05) is 18.2 Å². The Morgan fingerprint density at radius 3 is 2.59 bits per heavy atom. The number of nitrogens with zero attached hydrogens (tertiary/aromatic N) is 1. The number of nitro benzene ring substituents is 1. The normalized spacial score (nSPS) is 24.3. The van der Waals surface area contributed by atoms with E-state index in [-0.39, 0.29) is 17.8 Å². The van der Waals surface area contributed by atoms with Gasteiger partial charge in [-0.25, -0.2) is 0 Å². The van der Waals surface area contributed by atoms with Crippen molar-refractivity contribution in [2.24, 2.45) is 5.73 Å². The molecule has 5 heteroatoms. The zero-order valence-electron chi connectivity index (χ0n) is 9.54. The van der Waals surface area contributed by atoms with Crippen molar-refractivity contribution in [3.63, 3.8) is 0 Å². The maximum Gasteiger partial charge on any atom is 0.269 e. The van der Waals surface area contributed by atoms with Gasteiger partial charge in [0.1, 0.15) is 11.9 Å². The summed E-state index contributed by atoms with van der Waals surface area (Å²) in [6.07, 6.45) is 4.14. The summed E-state index contributed by atoms with van der Waals surface area (Å²) < 4.78 is 5.76. The van der Waals surface area contributed by atoms with Gasteiger partial charge in [0.05, 0.1) is 4.92 Å². The molecule has 1 saturated carbocycles. The van der Waals surface area contributed by atoms with E-state index in [1.165, 1.54) is 12.1 Å². The van der Waals surface area contributed by atoms with Gasteiger partial charge < -0.3 is 10.5 Å². The number of rotatable bonds is 3. The van der Waals surface area contributed by atoms with Gasteiger partial charge in [-0.05, 0) is 37.8 Å². The molecule has 0 bridgehead atoms. The smallest absolute Gasteiger partial charge is 0.269 e.